The highest BCUT2D eigenvalue weighted by molar-refractivity contribution is 7.13. The van der Waals surface area contributed by atoms with Gasteiger partial charge in [-0.15, -0.1) is 11.3 Å². The average Bonchev–Trinajstić information content (AvgIpc) is 3.36. The van der Waals surface area contributed by atoms with Gasteiger partial charge in [-0.05, 0) is 31.9 Å². The molecular formula is C18H22N4O2S. The molecule has 7 heteroatoms. The van der Waals surface area contributed by atoms with Crippen molar-refractivity contribution in [3.63, 3.8) is 0 Å². The lowest BCUT2D eigenvalue weighted by molar-refractivity contribution is 0.0776. The highest BCUT2D eigenvalue weighted by Gasteiger charge is 2.29. The molecule has 2 aliphatic heterocycles. The van der Waals surface area contributed by atoms with Crippen molar-refractivity contribution in [3.8, 4) is 5.88 Å². The number of carbonyl (C=O) groups is 1. The summed E-state index contributed by atoms with van der Waals surface area (Å²) in [5.41, 5.74) is 0. The summed E-state index contributed by atoms with van der Waals surface area (Å²) in [7, 11) is 0. The number of amides is 1. The third-order valence-corrected chi connectivity index (χ3v) is 5.72. The second-order valence-electron chi connectivity index (χ2n) is 6.60. The van der Waals surface area contributed by atoms with Gasteiger partial charge in [0.05, 0.1) is 11.4 Å². The molecule has 1 amide bonds. The van der Waals surface area contributed by atoms with Crippen LogP contribution in [0.3, 0.4) is 0 Å². The van der Waals surface area contributed by atoms with Crippen molar-refractivity contribution in [1.29, 1.82) is 0 Å². The molecule has 0 bridgehead atoms. The normalized spacial score (nSPS) is 20.3. The van der Waals surface area contributed by atoms with Gasteiger partial charge in [0.2, 0.25) is 5.88 Å². The maximum atomic E-state index is 12.5. The first-order chi connectivity index (χ1) is 12.2. The van der Waals surface area contributed by atoms with E-state index in [1.807, 2.05) is 30.0 Å². The van der Waals surface area contributed by atoms with E-state index >= 15 is 0 Å². The Morgan fingerprint density at radius 3 is 2.84 bits per heavy atom. The quantitative estimate of drug-likeness (QED) is 0.841. The number of aryl methyl sites for hydroxylation is 1. The van der Waals surface area contributed by atoms with Gasteiger partial charge in [0.1, 0.15) is 18.2 Å². The van der Waals surface area contributed by atoms with Gasteiger partial charge in [-0.1, -0.05) is 0 Å². The van der Waals surface area contributed by atoms with Crippen LogP contribution >= 0.6 is 11.3 Å². The molecule has 0 N–H and O–H groups in total. The Morgan fingerprint density at radius 1 is 1.24 bits per heavy atom. The molecule has 2 aromatic rings. The fourth-order valence-corrected chi connectivity index (χ4v) is 4.23. The highest BCUT2D eigenvalue weighted by atomic mass is 32.1. The van der Waals surface area contributed by atoms with Gasteiger partial charge >= 0.3 is 0 Å². The molecule has 132 valence electrons. The summed E-state index contributed by atoms with van der Waals surface area (Å²) in [6.07, 6.45) is 4.81. The fraction of sp³-hybridized carbons (Fsp3) is 0.500. The summed E-state index contributed by atoms with van der Waals surface area (Å²) in [5.74, 6) is 1.63. The molecule has 0 radical (unpaired) electrons. The van der Waals surface area contributed by atoms with E-state index in [4.69, 9.17) is 4.74 Å². The minimum absolute atomic E-state index is 0.00802. The van der Waals surface area contributed by atoms with Crippen LogP contribution in [0.2, 0.25) is 0 Å². The Hall–Kier alpha value is -2.15. The topological polar surface area (TPSA) is 58.6 Å². The Labute approximate surface area is 151 Å². The number of nitrogens with zero attached hydrogens (tertiary/aromatic N) is 4. The molecule has 2 aromatic heterocycles. The number of ether oxygens (including phenoxy) is 1. The van der Waals surface area contributed by atoms with Crippen LogP contribution in [0.1, 0.15) is 33.8 Å². The molecule has 25 heavy (non-hydrogen) atoms. The Bertz CT molecular complexity index is 757. The van der Waals surface area contributed by atoms with E-state index in [2.05, 4.69) is 14.9 Å². The number of likely N-dealkylation sites (tertiary alicyclic amines) is 1. The maximum absolute atomic E-state index is 12.5. The lowest BCUT2D eigenvalue weighted by Crippen LogP contribution is -2.30. The Kier molecular flexibility index (Phi) is 4.57. The van der Waals surface area contributed by atoms with Crippen LogP contribution < -0.4 is 9.64 Å². The second kappa shape index (κ2) is 7.00. The average molecular weight is 358 g/mol. The van der Waals surface area contributed by atoms with E-state index in [1.165, 1.54) is 12.8 Å². The fourth-order valence-electron chi connectivity index (χ4n) is 3.40. The Morgan fingerprint density at radius 2 is 2.08 bits per heavy atom. The van der Waals surface area contributed by atoms with E-state index in [0.29, 0.717) is 12.4 Å². The van der Waals surface area contributed by atoms with Crippen LogP contribution in [0.25, 0.3) is 0 Å². The van der Waals surface area contributed by atoms with Crippen LogP contribution in [-0.2, 0) is 0 Å². The van der Waals surface area contributed by atoms with E-state index in [9.17, 15) is 4.79 Å². The molecule has 2 saturated heterocycles. The first-order valence-corrected chi connectivity index (χ1v) is 9.60. The summed E-state index contributed by atoms with van der Waals surface area (Å²) in [6, 6.07) is 5.81. The van der Waals surface area contributed by atoms with Crippen molar-refractivity contribution in [2.75, 3.05) is 31.1 Å². The van der Waals surface area contributed by atoms with Crippen molar-refractivity contribution in [1.82, 2.24) is 14.9 Å². The molecule has 1 atom stereocenters. The Balaban J connectivity index is 1.38. The summed E-state index contributed by atoms with van der Waals surface area (Å²) < 4.78 is 6.03. The molecule has 4 rings (SSSR count). The van der Waals surface area contributed by atoms with Crippen LogP contribution in [0.15, 0.2) is 24.5 Å². The van der Waals surface area contributed by atoms with Crippen molar-refractivity contribution < 1.29 is 9.53 Å². The van der Waals surface area contributed by atoms with Crippen LogP contribution in [-0.4, -0.2) is 53.1 Å². The van der Waals surface area contributed by atoms with E-state index < -0.39 is 0 Å². The first-order valence-electron chi connectivity index (χ1n) is 8.78. The van der Waals surface area contributed by atoms with Crippen molar-refractivity contribution >= 4 is 23.1 Å². The molecule has 2 aliphatic rings. The lowest BCUT2D eigenvalue weighted by atomic mass is 10.3. The first kappa shape index (κ1) is 16.3. The number of carbonyl (C=O) groups excluding carboxylic acids is 1. The van der Waals surface area contributed by atoms with Crippen molar-refractivity contribution in [2.24, 2.45) is 0 Å². The third-order valence-electron chi connectivity index (χ3n) is 4.73. The molecule has 0 aliphatic carbocycles. The molecule has 0 spiro atoms. The molecule has 0 saturated carbocycles. The van der Waals surface area contributed by atoms with E-state index in [1.54, 1.807) is 17.7 Å². The second-order valence-corrected chi connectivity index (χ2v) is 7.89. The molecule has 4 heterocycles. The van der Waals surface area contributed by atoms with Gasteiger partial charge in [0, 0.05) is 37.0 Å². The maximum Gasteiger partial charge on any atom is 0.264 e. The summed E-state index contributed by atoms with van der Waals surface area (Å²) in [5, 5.41) is 0. The third kappa shape index (κ3) is 3.61. The zero-order chi connectivity index (χ0) is 17.2. The van der Waals surface area contributed by atoms with Crippen molar-refractivity contribution in [3.05, 3.63) is 34.3 Å². The summed E-state index contributed by atoms with van der Waals surface area (Å²) in [6.45, 7) is 5.44. The van der Waals surface area contributed by atoms with Crippen LogP contribution in [0.5, 0.6) is 5.88 Å². The minimum Gasteiger partial charge on any atom is -0.472 e. The number of aromatic nitrogens is 2. The molecule has 2 fully saturated rings. The number of thiophene rings is 1. The van der Waals surface area contributed by atoms with Crippen molar-refractivity contribution in [2.45, 2.75) is 32.3 Å². The number of rotatable bonds is 4. The minimum atomic E-state index is -0.00802. The highest BCUT2D eigenvalue weighted by Crippen LogP contribution is 2.24. The molecular weight excluding hydrogens is 336 g/mol. The predicted molar refractivity (Wildman–Crippen MR) is 97.5 cm³/mol. The smallest absolute Gasteiger partial charge is 0.264 e. The standard InChI is InChI=1S/C18H22N4O2S/c1-13-4-5-15(25-13)18(23)22-9-6-14(11-22)24-17-10-16(19-12-20-17)21-7-2-3-8-21/h4-5,10,12,14H,2-3,6-9,11H2,1H3. The predicted octanol–water partition coefficient (Wildman–Crippen LogP) is 2.74. The van der Waals surface area contributed by atoms with Gasteiger partial charge in [0.25, 0.3) is 5.91 Å². The van der Waals surface area contributed by atoms with Gasteiger partial charge < -0.3 is 14.5 Å². The zero-order valence-corrected chi connectivity index (χ0v) is 15.2. The largest absolute Gasteiger partial charge is 0.472 e. The SMILES string of the molecule is Cc1ccc(C(=O)N2CCC(Oc3cc(N4CCCC4)ncn3)C2)s1. The number of hydrogen-bond acceptors (Lipinski definition) is 6. The summed E-state index contributed by atoms with van der Waals surface area (Å²) in [4.78, 5) is 27.2. The number of hydrogen-bond donors (Lipinski definition) is 0. The molecule has 0 aromatic carbocycles. The van der Waals surface area contributed by atoms with E-state index in [-0.39, 0.29) is 12.0 Å². The summed E-state index contributed by atoms with van der Waals surface area (Å²) >= 11 is 1.55. The lowest BCUT2D eigenvalue weighted by Gasteiger charge is -2.18. The number of anilines is 1. The molecule has 1 unspecified atom stereocenters. The van der Waals surface area contributed by atoms with Gasteiger partial charge in [0.15, 0.2) is 0 Å². The van der Waals surface area contributed by atoms with Crippen LogP contribution in [0.4, 0.5) is 5.82 Å². The van der Waals surface area contributed by atoms with Crippen LogP contribution in [0, 0.1) is 6.92 Å². The van der Waals surface area contributed by atoms with Gasteiger partial charge in [-0.25, -0.2) is 9.97 Å². The zero-order valence-electron chi connectivity index (χ0n) is 14.4. The van der Waals surface area contributed by atoms with Gasteiger partial charge in [-0.2, -0.15) is 0 Å². The molecule has 6 nitrogen and oxygen atoms in total. The monoisotopic (exact) mass is 358 g/mol. The van der Waals surface area contributed by atoms with Gasteiger partial charge in [-0.3, -0.25) is 4.79 Å². The van der Waals surface area contributed by atoms with E-state index in [0.717, 1.165) is 41.6 Å².